The fourth-order valence-corrected chi connectivity index (χ4v) is 4.87. The van der Waals surface area contributed by atoms with Gasteiger partial charge < -0.3 is 5.73 Å². The highest BCUT2D eigenvalue weighted by molar-refractivity contribution is 6.12. The smallest absolute Gasteiger partial charge is 0.252 e. The zero-order valence-electron chi connectivity index (χ0n) is 21.1. The summed E-state index contributed by atoms with van der Waals surface area (Å²) >= 11 is 0. The molecular formula is C27H32N6O3. The summed E-state index contributed by atoms with van der Waals surface area (Å²) in [5.41, 5.74) is 8.47. The lowest BCUT2D eigenvalue weighted by Gasteiger charge is -2.46. The van der Waals surface area contributed by atoms with Gasteiger partial charge in [-0.15, -0.1) is 0 Å². The second kappa shape index (κ2) is 10.3. The van der Waals surface area contributed by atoms with Crippen LogP contribution in [0.4, 0.5) is 11.6 Å². The zero-order valence-corrected chi connectivity index (χ0v) is 21.1. The largest absolute Gasteiger partial charge is 0.384 e. The molecule has 3 atom stereocenters. The van der Waals surface area contributed by atoms with Gasteiger partial charge in [0.05, 0.1) is 5.92 Å². The third kappa shape index (κ3) is 5.00. The van der Waals surface area contributed by atoms with Crippen LogP contribution in [0.3, 0.4) is 0 Å². The Labute approximate surface area is 210 Å². The van der Waals surface area contributed by atoms with E-state index in [0.29, 0.717) is 18.1 Å². The molecule has 3 aromatic rings. The number of hydrogen-bond donors (Lipinski definition) is 1. The monoisotopic (exact) mass is 488 g/mol. The van der Waals surface area contributed by atoms with E-state index in [1.54, 1.807) is 37.1 Å². The predicted octanol–water partition coefficient (Wildman–Crippen LogP) is 2.85. The van der Waals surface area contributed by atoms with Crippen molar-refractivity contribution in [3.8, 4) is 0 Å². The van der Waals surface area contributed by atoms with Gasteiger partial charge >= 0.3 is 0 Å². The Morgan fingerprint density at radius 2 is 1.89 bits per heavy atom. The molecule has 2 N–H and O–H groups in total. The van der Waals surface area contributed by atoms with E-state index >= 15 is 0 Å². The average Bonchev–Trinajstić information content (AvgIpc) is 3.29. The van der Waals surface area contributed by atoms with E-state index in [1.165, 1.54) is 4.90 Å². The topological polar surface area (TPSA) is 114 Å². The predicted molar refractivity (Wildman–Crippen MR) is 137 cm³/mol. The number of β-lactam (4-membered cyclic amide) rings is 1. The molecule has 1 saturated heterocycles. The van der Waals surface area contributed by atoms with Crippen LogP contribution in [-0.2, 0) is 27.9 Å². The van der Waals surface area contributed by atoms with Crippen molar-refractivity contribution in [2.24, 2.45) is 13.0 Å². The molecule has 0 bridgehead atoms. The maximum Gasteiger partial charge on any atom is 0.252 e. The summed E-state index contributed by atoms with van der Waals surface area (Å²) in [6.07, 6.45) is 2.92. The summed E-state index contributed by atoms with van der Waals surface area (Å²) in [4.78, 5) is 47.2. The Morgan fingerprint density at radius 3 is 2.50 bits per heavy atom. The molecule has 4 rings (SSSR count). The Morgan fingerprint density at radius 1 is 1.17 bits per heavy atom. The molecule has 2 aromatic heterocycles. The lowest BCUT2D eigenvalue weighted by molar-refractivity contribution is -0.170. The van der Waals surface area contributed by atoms with E-state index in [4.69, 9.17) is 5.73 Å². The molecule has 9 nitrogen and oxygen atoms in total. The van der Waals surface area contributed by atoms with E-state index in [-0.39, 0.29) is 30.1 Å². The zero-order chi connectivity index (χ0) is 26.0. The number of nitrogen functional groups attached to an aromatic ring is 1. The molecule has 1 aliphatic rings. The van der Waals surface area contributed by atoms with Crippen LogP contribution in [0.5, 0.6) is 0 Å². The van der Waals surface area contributed by atoms with Gasteiger partial charge in [-0.1, -0.05) is 37.3 Å². The Hall–Kier alpha value is -4.01. The fourth-order valence-electron chi connectivity index (χ4n) is 4.87. The van der Waals surface area contributed by atoms with Gasteiger partial charge in [-0.05, 0) is 48.9 Å². The molecule has 1 aliphatic heterocycles. The quantitative estimate of drug-likeness (QED) is 0.488. The summed E-state index contributed by atoms with van der Waals surface area (Å²) in [5, 5.41) is 4.30. The molecular weight excluding hydrogens is 456 g/mol. The highest BCUT2D eigenvalue weighted by atomic mass is 16.2. The summed E-state index contributed by atoms with van der Waals surface area (Å²) in [6, 6.07) is 14.1. The lowest BCUT2D eigenvalue weighted by Crippen LogP contribution is -2.69. The minimum atomic E-state index is -0.917. The van der Waals surface area contributed by atoms with Gasteiger partial charge in [0.1, 0.15) is 11.9 Å². The number of benzene rings is 1. The van der Waals surface area contributed by atoms with E-state index in [0.717, 1.165) is 28.1 Å². The molecule has 0 radical (unpaired) electrons. The summed E-state index contributed by atoms with van der Waals surface area (Å²) < 4.78 is 1.60. The molecule has 1 aromatic carbocycles. The van der Waals surface area contributed by atoms with E-state index < -0.39 is 12.0 Å². The van der Waals surface area contributed by atoms with Crippen molar-refractivity contribution in [2.45, 2.75) is 45.1 Å². The summed E-state index contributed by atoms with van der Waals surface area (Å²) in [6.45, 7) is 3.84. The first-order valence-electron chi connectivity index (χ1n) is 12.1. The Kier molecular flexibility index (Phi) is 7.19. The fraction of sp³-hybridized carbons (Fsp3) is 0.370. The van der Waals surface area contributed by atoms with Crippen LogP contribution >= 0.6 is 0 Å². The Bertz CT molecular complexity index is 1250. The maximum atomic E-state index is 13.6. The normalized spacial score (nSPS) is 18.0. The van der Waals surface area contributed by atoms with Crippen LogP contribution in [0.15, 0.2) is 54.7 Å². The highest BCUT2D eigenvalue weighted by Gasteiger charge is 2.55. The number of carbonyl (C=O) groups excluding carboxylic acids is 3. The van der Waals surface area contributed by atoms with E-state index in [9.17, 15) is 14.4 Å². The van der Waals surface area contributed by atoms with Gasteiger partial charge in [0.15, 0.2) is 5.82 Å². The number of nitrogens with two attached hydrogens (primary N) is 1. The first kappa shape index (κ1) is 25.1. The number of anilines is 2. The standard InChI is InChI=1S/C27H32N6O3/c1-5-19(20-9-7-6-8-10-20)16-24(34)33-25(27(36)32(4)23-11-12-31(3)30-23)21(26(33)35)14-18-13-17(2)29-22(28)15-18/h6-13,15,19,21,25H,5,14,16H2,1-4H3,(H2,28,29)/t19-,21+,25-/m0/s1. The number of likely N-dealkylation sites (N-methyl/N-ethyl adjacent to an activating group) is 1. The van der Waals surface area contributed by atoms with Crippen molar-refractivity contribution in [3.05, 3.63) is 71.5 Å². The highest BCUT2D eigenvalue weighted by Crippen LogP contribution is 2.35. The molecule has 3 amide bonds. The molecule has 9 heteroatoms. The van der Waals surface area contributed by atoms with Crippen LogP contribution in [0, 0.1) is 12.8 Å². The number of pyridine rings is 1. The van der Waals surface area contributed by atoms with Crippen molar-refractivity contribution in [1.29, 1.82) is 0 Å². The van der Waals surface area contributed by atoms with Crippen LogP contribution in [-0.4, -0.2) is 50.5 Å². The molecule has 0 saturated carbocycles. The van der Waals surface area contributed by atoms with E-state index in [2.05, 4.69) is 10.1 Å². The van der Waals surface area contributed by atoms with Crippen LogP contribution in [0.1, 0.15) is 42.5 Å². The summed E-state index contributed by atoms with van der Waals surface area (Å²) in [7, 11) is 3.37. The number of imide groups is 1. The van der Waals surface area contributed by atoms with Crippen molar-refractivity contribution >= 4 is 29.4 Å². The van der Waals surface area contributed by atoms with E-state index in [1.807, 2.05) is 50.2 Å². The van der Waals surface area contributed by atoms with Crippen LogP contribution < -0.4 is 10.6 Å². The van der Waals surface area contributed by atoms with Crippen LogP contribution in [0.2, 0.25) is 0 Å². The minimum Gasteiger partial charge on any atom is -0.384 e. The van der Waals surface area contributed by atoms with Crippen molar-refractivity contribution in [3.63, 3.8) is 0 Å². The van der Waals surface area contributed by atoms with Gasteiger partial charge in [-0.2, -0.15) is 5.10 Å². The third-order valence-corrected chi connectivity index (χ3v) is 6.78. The molecule has 0 spiro atoms. The average molecular weight is 489 g/mol. The lowest BCUT2D eigenvalue weighted by atomic mass is 9.80. The molecule has 0 aliphatic carbocycles. The van der Waals surface area contributed by atoms with Gasteiger partial charge in [0, 0.05) is 38.5 Å². The summed E-state index contributed by atoms with van der Waals surface area (Å²) in [5.74, 6) is -0.949. The second-order valence-electron chi connectivity index (χ2n) is 9.36. The Balaban J connectivity index is 1.61. The number of hydrogen-bond acceptors (Lipinski definition) is 6. The number of likely N-dealkylation sites (tertiary alicyclic amines) is 1. The van der Waals surface area contributed by atoms with Crippen molar-refractivity contribution in [2.75, 3.05) is 17.7 Å². The maximum absolute atomic E-state index is 13.6. The van der Waals surface area contributed by atoms with Gasteiger partial charge in [-0.3, -0.25) is 28.9 Å². The van der Waals surface area contributed by atoms with Crippen LogP contribution in [0.25, 0.3) is 0 Å². The third-order valence-electron chi connectivity index (χ3n) is 6.78. The van der Waals surface area contributed by atoms with Gasteiger partial charge in [-0.25, -0.2) is 4.98 Å². The van der Waals surface area contributed by atoms with Crippen molar-refractivity contribution < 1.29 is 14.4 Å². The molecule has 0 unspecified atom stereocenters. The number of aromatic nitrogens is 3. The second-order valence-corrected chi connectivity index (χ2v) is 9.36. The molecule has 36 heavy (non-hydrogen) atoms. The number of aryl methyl sites for hydroxylation is 2. The molecule has 1 fully saturated rings. The number of amides is 3. The first-order chi connectivity index (χ1) is 17.2. The first-order valence-corrected chi connectivity index (χ1v) is 12.1. The number of nitrogens with zero attached hydrogens (tertiary/aromatic N) is 5. The minimum absolute atomic E-state index is 0.0440. The van der Waals surface area contributed by atoms with Gasteiger partial charge in [0.25, 0.3) is 5.91 Å². The molecule has 3 heterocycles. The number of carbonyl (C=O) groups is 3. The number of rotatable bonds is 8. The van der Waals surface area contributed by atoms with Crippen molar-refractivity contribution in [1.82, 2.24) is 19.7 Å². The SMILES string of the molecule is CC[C@@H](CC(=O)N1C(=O)[C@H](Cc2cc(C)nc(N)c2)[C@H]1C(=O)N(C)c1ccn(C)n1)c1ccccc1. The molecule has 188 valence electrons. The van der Waals surface area contributed by atoms with Gasteiger partial charge in [0.2, 0.25) is 11.8 Å².